The highest BCUT2D eigenvalue weighted by molar-refractivity contribution is 5.79. The van der Waals surface area contributed by atoms with E-state index in [4.69, 9.17) is 5.11 Å². The Morgan fingerprint density at radius 1 is 1.05 bits per heavy atom. The third-order valence-electron chi connectivity index (χ3n) is 5.59. The van der Waals surface area contributed by atoms with E-state index in [1.54, 1.807) is 0 Å². The minimum Gasteiger partial charge on any atom is -0.481 e. The molecule has 1 N–H and O–H groups in total. The van der Waals surface area contributed by atoms with Crippen LogP contribution in [-0.4, -0.2) is 35.0 Å². The summed E-state index contributed by atoms with van der Waals surface area (Å²) in [4.78, 5) is 25.8. The summed E-state index contributed by atoms with van der Waals surface area (Å²) in [6.45, 7) is 5.53. The lowest BCUT2D eigenvalue weighted by molar-refractivity contribution is -0.147. The summed E-state index contributed by atoms with van der Waals surface area (Å²) in [6.07, 6.45) is 8.76. The average molecular weight is 309 g/mol. The van der Waals surface area contributed by atoms with E-state index in [1.165, 1.54) is 32.1 Å². The molecular weight excluding hydrogens is 278 g/mol. The molecule has 22 heavy (non-hydrogen) atoms. The fourth-order valence-electron chi connectivity index (χ4n) is 4.02. The van der Waals surface area contributed by atoms with Crippen molar-refractivity contribution in [2.75, 3.05) is 13.1 Å². The molecule has 0 aromatic rings. The molecule has 1 unspecified atom stereocenters. The van der Waals surface area contributed by atoms with Gasteiger partial charge < -0.3 is 10.0 Å². The number of likely N-dealkylation sites (tertiary alicyclic amines) is 1. The summed E-state index contributed by atoms with van der Waals surface area (Å²) in [6, 6.07) is 0. The first kappa shape index (κ1) is 17.3. The van der Waals surface area contributed by atoms with Gasteiger partial charge in [-0.1, -0.05) is 46.0 Å². The molecule has 1 atom stereocenters. The van der Waals surface area contributed by atoms with Gasteiger partial charge >= 0.3 is 5.97 Å². The molecule has 4 heteroatoms. The van der Waals surface area contributed by atoms with Gasteiger partial charge in [-0.25, -0.2) is 0 Å². The Labute approximate surface area is 134 Å². The van der Waals surface area contributed by atoms with E-state index >= 15 is 0 Å². The largest absolute Gasteiger partial charge is 0.481 e. The van der Waals surface area contributed by atoms with Crippen molar-refractivity contribution in [3.63, 3.8) is 0 Å². The zero-order valence-electron chi connectivity index (χ0n) is 14.1. The number of nitrogens with zero attached hydrogens (tertiary/aromatic N) is 1. The van der Waals surface area contributed by atoms with Gasteiger partial charge in [0, 0.05) is 19.0 Å². The fourth-order valence-corrected chi connectivity index (χ4v) is 4.02. The molecule has 2 fully saturated rings. The normalized spacial score (nSPS) is 22.8. The molecule has 0 spiro atoms. The van der Waals surface area contributed by atoms with Crippen molar-refractivity contribution in [3.05, 3.63) is 0 Å². The Bertz CT molecular complexity index is 380. The van der Waals surface area contributed by atoms with Crippen molar-refractivity contribution in [1.82, 2.24) is 4.90 Å². The van der Waals surface area contributed by atoms with Crippen LogP contribution in [-0.2, 0) is 9.59 Å². The first-order valence-electron chi connectivity index (χ1n) is 9.00. The highest BCUT2D eigenvalue weighted by atomic mass is 16.4. The molecule has 1 heterocycles. The van der Waals surface area contributed by atoms with E-state index in [-0.39, 0.29) is 17.7 Å². The van der Waals surface area contributed by atoms with Crippen LogP contribution in [0.4, 0.5) is 0 Å². The molecule has 1 aliphatic heterocycles. The number of piperidine rings is 1. The second-order valence-electron chi connectivity index (χ2n) is 7.53. The lowest BCUT2D eigenvalue weighted by Gasteiger charge is -2.35. The zero-order valence-corrected chi connectivity index (χ0v) is 14.1. The van der Waals surface area contributed by atoms with Gasteiger partial charge in [0.25, 0.3) is 0 Å². The number of aliphatic carboxylic acids is 1. The van der Waals surface area contributed by atoms with E-state index in [2.05, 4.69) is 13.8 Å². The molecule has 0 aromatic carbocycles. The number of rotatable bonds is 5. The standard InChI is InChI=1S/C18H31NO3/c1-13(2)16(12-14-6-4-3-5-7-14)17(20)19-10-8-15(9-11-19)18(21)22/h13-16H,3-12H2,1-2H3,(H,21,22). The van der Waals surface area contributed by atoms with Gasteiger partial charge in [-0.3, -0.25) is 9.59 Å². The summed E-state index contributed by atoms with van der Waals surface area (Å²) < 4.78 is 0. The van der Waals surface area contributed by atoms with Gasteiger partial charge in [0.1, 0.15) is 0 Å². The minimum atomic E-state index is -0.713. The fraction of sp³-hybridized carbons (Fsp3) is 0.889. The summed E-state index contributed by atoms with van der Waals surface area (Å²) in [5.41, 5.74) is 0. The van der Waals surface area contributed by atoms with Gasteiger partial charge in [-0.05, 0) is 31.1 Å². The molecule has 1 saturated carbocycles. The summed E-state index contributed by atoms with van der Waals surface area (Å²) in [5.74, 6) is 0.483. The number of hydrogen-bond acceptors (Lipinski definition) is 2. The monoisotopic (exact) mass is 309 g/mol. The van der Waals surface area contributed by atoms with Crippen LogP contribution in [0.3, 0.4) is 0 Å². The van der Waals surface area contributed by atoms with E-state index in [0.717, 1.165) is 6.42 Å². The van der Waals surface area contributed by atoms with Crippen LogP contribution in [0.1, 0.15) is 65.2 Å². The maximum atomic E-state index is 12.9. The van der Waals surface area contributed by atoms with Crippen LogP contribution in [0.2, 0.25) is 0 Å². The minimum absolute atomic E-state index is 0.115. The number of carboxylic acid groups (broad SMARTS) is 1. The molecule has 4 nitrogen and oxygen atoms in total. The van der Waals surface area contributed by atoms with E-state index in [0.29, 0.717) is 37.8 Å². The van der Waals surface area contributed by atoms with Crippen LogP contribution in [0, 0.1) is 23.7 Å². The van der Waals surface area contributed by atoms with Crippen molar-refractivity contribution in [3.8, 4) is 0 Å². The molecule has 1 aliphatic carbocycles. The number of carbonyl (C=O) groups excluding carboxylic acids is 1. The van der Waals surface area contributed by atoms with Gasteiger partial charge in [0.15, 0.2) is 0 Å². The Morgan fingerprint density at radius 3 is 2.14 bits per heavy atom. The second kappa shape index (κ2) is 7.98. The van der Waals surface area contributed by atoms with Crippen molar-refractivity contribution in [2.45, 2.75) is 65.2 Å². The van der Waals surface area contributed by atoms with E-state index in [1.807, 2.05) is 4.90 Å². The Morgan fingerprint density at radius 2 is 1.64 bits per heavy atom. The molecule has 2 aliphatic rings. The van der Waals surface area contributed by atoms with Gasteiger partial charge in [-0.15, -0.1) is 0 Å². The van der Waals surface area contributed by atoms with Crippen molar-refractivity contribution in [1.29, 1.82) is 0 Å². The molecule has 2 rings (SSSR count). The van der Waals surface area contributed by atoms with Crippen molar-refractivity contribution < 1.29 is 14.7 Å². The zero-order chi connectivity index (χ0) is 16.1. The maximum Gasteiger partial charge on any atom is 0.306 e. The van der Waals surface area contributed by atoms with E-state index in [9.17, 15) is 9.59 Å². The Kier molecular flexibility index (Phi) is 6.27. The predicted molar refractivity (Wildman–Crippen MR) is 86.5 cm³/mol. The molecule has 0 radical (unpaired) electrons. The van der Waals surface area contributed by atoms with Gasteiger partial charge in [0.2, 0.25) is 5.91 Å². The molecule has 1 saturated heterocycles. The topological polar surface area (TPSA) is 57.6 Å². The SMILES string of the molecule is CC(C)C(CC1CCCCC1)C(=O)N1CCC(C(=O)O)CC1. The van der Waals surface area contributed by atoms with Crippen LogP contribution in [0.5, 0.6) is 0 Å². The Balaban J connectivity index is 1.90. The lowest BCUT2D eigenvalue weighted by Crippen LogP contribution is -2.44. The number of carboxylic acids is 1. The second-order valence-corrected chi connectivity index (χ2v) is 7.53. The summed E-state index contributed by atoms with van der Waals surface area (Å²) in [5, 5.41) is 9.07. The molecule has 0 bridgehead atoms. The quantitative estimate of drug-likeness (QED) is 0.845. The number of hydrogen-bond donors (Lipinski definition) is 1. The Hall–Kier alpha value is -1.06. The average Bonchev–Trinajstić information content (AvgIpc) is 2.53. The van der Waals surface area contributed by atoms with Crippen LogP contribution in [0.25, 0.3) is 0 Å². The van der Waals surface area contributed by atoms with Crippen LogP contribution < -0.4 is 0 Å². The lowest BCUT2D eigenvalue weighted by atomic mass is 9.78. The molecular formula is C18H31NO3. The van der Waals surface area contributed by atoms with E-state index < -0.39 is 5.97 Å². The number of carbonyl (C=O) groups is 2. The van der Waals surface area contributed by atoms with Crippen LogP contribution in [0.15, 0.2) is 0 Å². The predicted octanol–water partition coefficient (Wildman–Crippen LogP) is 3.55. The van der Waals surface area contributed by atoms with Crippen molar-refractivity contribution >= 4 is 11.9 Å². The van der Waals surface area contributed by atoms with Crippen molar-refractivity contribution in [2.24, 2.45) is 23.7 Å². The smallest absolute Gasteiger partial charge is 0.306 e. The molecule has 126 valence electrons. The highest BCUT2D eigenvalue weighted by Gasteiger charge is 2.33. The van der Waals surface area contributed by atoms with Crippen LogP contribution >= 0.6 is 0 Å². The molecule has 0 aromatic heterocycles. The summed E-state index contributed by atoms with van der Waals surface area (Å²) in [7, 11) is 0. The third kappa shape index (κ3) is 4.47. The van der Waals surface area contributed by atoms with Gasteiger partial charge in [-0.2, -0.15) is 0 Å². The number of amides is 1. The summed E-state index contributed by atoms with van der Waals surface area (Å²) >= 11 is 0. The first-order chi connectivity index (χ1) is 10.5. The highest BCUT2D eigenvalue weighted by Crippen LogP contribution is 2.33. The molecule has 1 amide bonds. The first-order valence-corrected chi connectivity index (χ1v) is 9.00. The van der Waals surface area contributed by atoms with Gasteiger partial charge in [0.05, 0.1) is 5.92 Å². The maximum absolute atomic E-state index is 12.9. The third-order valence-corrected chi connectivity index (χ3v) is 5.59.